The lowest BCUT2D eigenvalue weighted by atomic mass is 9.79. The summed E-state index contributed by atoms with van der Waals surface area (Å²) in [5.74, 6) is 0.807. The van der Waals surface area contributed by atoms with Crippen LogP contribution >= 0.6 is 12.6 Å². The smallest absolute Gasteiger partial charge is 0.264 e. The van der Waals surface area contributed by atoms with E-state index in [1.165, 1.54) is 0 Å². The Morgan fingerprint density at radius 1 is 1.05 bits per heavy atom. The summed E-state index contributed by atoms with van der Waals surface area (Å²) < 4.78 is 27.6. The first-order valence-electron chi connectivity index (χ1n) is 8.14. The average molecular weight is 355 g/mol. The maximum absolute atomic E-state index is 12.0. The minimum atomic E-state index is -3.69. The van der Waals surface area contributed by atoms with Crippen molar-refractivity contribution < 1.29 is 17.8 Å². The molecule has 6 heteroatoms. The molecule has 0 bridgehead atoms. The van der Waals surface area contributed by atoms with E-state index in [-0.39, 0.29) is 5.75 Å². The van der Waals surface area contributed by atoms with Gasteiger partial charge in [0.15, 0.2) is 0 Å². The van der Waals surface area contributed by atoms with Crippen LogP contribution in [-0.4, -0.2) is 29.3 Å². The molecule has 0 saturated heterocycles. The number of carbonyl (C=O) groups excluding carboxylic acids is 1. The molecule has 0 amide bonds. The molecular formula is C16H34O4S2. The van der Waals surface area contributed by atoms with Crippen molar-refractivity contribution >= 4 is 28.5 Å². The molecule has 0 atom stereocenters. The van der Waals surface area contributed by atoms with Crippen LogP contribution in [0.5, 0.6) is 0 Å². The minimum Gasteiger partial charge on any atom is -0.298 e. The van der Waals surface area contributed by atoms with Gasteiger partial charge in [0.25, 0.3) is 10.1 Å². The highest BCUT2D eigenvalue weighted by Gasteiger charge is 2.39. The van der Waals surface area contributed by atoms with Crippen molar-refractivity contribution in [3.05, 3.63) is 0 Å². The molecule has 0 fully saturated rings. The van der Waals surface area contributed by atoms with E-state index in [0.717, 1.165) is 19.3 Å². The van der Waals surface area contributed by atoms with Crippen LogP contribution in [0.15, 0.2) is 0 Å². The molecule has 0 radical (unpaired) electrons. The Hall–Kier alpha value is -0.0700. The summed E-state index contributed by atoms with van der Waals surface area (Å²) in [6.45, 7) is 12.3. The van der Waals surface area contributed by atoms with E-state index in [1.54, 1.807) is 0 Å². The first-order valence-corrected chi connectivity index (χ1v) is 10.2. The number of Topliss-reactive ketones (excluding diaryl/α,β-unsaturated/α-hetero) is 1. The maximum atomic E-state index is 12.0. The fourth-order valence-electron chi connectivity index (χ4n) is 2.17. The van der Waals surface area contributed by atoms with Gasteiger partial charge in [0.1, 0.15) is 5.78 Å². The summed E-state index contributed by atoms with van der Waals surface area (Å²) in [6.07, 6.45) is 4.07. The third-order valence-electron chi connectivity index (χ3n) is 3.72. The highest BCUT2D eigenvalue weighted by atomic mass is 32.2. The van der Waals surface area contributed by atoms with Crippen LogP contribution in [-0.2, 0) is 14.9 Å². The molecule has 0 aliphatic carbocycles. The molecular weight excluding hydrogens is 320 g/mol. The Labute approximate surface area is 142 Å². The second kappa shape index (κ2) is 11.5. The fourth-order valence-corrected chi connectivity index (χ4v) is 2.94. The Morgan fingerprint density at radius 3 is 1.68 bits per heavy atom. The first kappa shape index (κ1) is 24.2. The van der Waals surface area contributed by atoms with Gasteiger partial charge in [-0.15, -0.1) is 0 Å². The predicted octanol–water partition coefficient (Wildman–Crippen LogP) is 4.40. The number of thiol groups is 1. The van der Waals surface area contributed by atoms with Crippen molar-refractivity contribution in [3.63, 3.8) is 0 Å². The highest BCUT2D eigenvalue weighted by Crippen LogP contribution is 2.35. The number of unbranched alkanes of at least 4 members (excludes halogenated alkanes) is 2. The van der Waals surface area contributed by atoms with E-state index < -0.39 is 14.9 Å². The topological polar surface area (TPSA) is 71.4 Å². The van der Waals surface area contributed by atoms with E-state index in [2.05, 4.69) is 47.2 Å². The second-order valence-electron chi connectivity index (χ2n) is 6.30. The van der Waals surface area contributed by atoms with Crippen molar-refractivity contribution in [3.8, 4) is 0 Å². The third-order valence-corrected chi connectivity index (χ3v) is 5.81. The lowest BCUT2D eigenvalue weighted by Gasteiger charge is -2.35. The Bertz CT molecular complexity index is 392. The Morgan fingerprint density at radius 2 is 1.45 bits per heavy atom. The summed E-state index contributed by atoms with van der Waals surface area (Å²) >= 11 is 4.63. The summed E-state index contributed by atoms with van der Waals surface area (Å²) in [5, 5.41) is 0. The van der Waals surface area contributed by atoms with Gasteiger partial charge in [0, 0.05) is 6.42 Å². The van der Waals surface area contributed by atoms with E-state index in [1.807, 2.05) is 6.92 Å². The standard InChI is InChI=1S/C12H24OS.C4H10O3S/c1-6-7-8-11(13)12(14,9(2)3)10(4)5;1-2-3-4-8(5,6)7/h9-10,14H,6-8H2,1-5H3;2-4H2,1H3,(H,5,6,7). The maximum Gasteiger partial charge on any atom is 0.264 e. The van der Waals surface area contributed by atoms with Crippen molar-refractivity contribution in [1.29, 1.82) is 0 Å². The van der Waals surface area contributed by atoms with Gasteiger partial charge in [-0.1, -0.05) is 54.4 Å². The fraction of sp³-hybridized carbons (Fsp3) is 0.938. The minimum absolute atomic E-state index is 0.108. The van der Waals surface area contributed by atoms with Gasteiger partial charge in [-0.25, -0.2) is 0 Å². The molecule has 1 N–H and O–H groups in total. The molecule has 22 heavy (non-hydrogen) atoms. The van der Waals surface area contributed by atoms with E-state index >= 15 is 0 Å². The summed E-state index contributed by atoms with van der Waals surface area (Å²) in [5.41, 5.74) is 0. The van der Waals surface area contributed by atoms with Gasteiger partial charge in [-0.05, 0) is 24.7 Å². The van der Waals surface area contributed by atoms with Crippen molar-refractivity contribution in [1.82, 2.24) is 0 Å². The van der Waals surface area contributed by atoms with Crippen LogP contribution in [0.25, 0.3) is 0 Å². The van der Waals surface area contributed by atoms with Crippen molar-refractivity contribution in [2.45, 2.75) is 78.4 Å². The average Bonchev–Trinajstić information content (AvgIpc) is 2.40. The van der Waals surface area contributed by atoms with Crippen LogP contribution in [0, 0.1) is 11.8 Å². The summed E-state index contributed by atoms with van der Waals surface area (Å²) in [4.78, 5) is 12.0. The Balaban J connectivity index is 0. The van der Waals surface area contributed by atoms with Gasteiger partial charge in [-0.3, -0.25) is 9.35 Å². The molecule has 134 valence electrons. The zero-order valence-electron chi connectivity index (χ0n) is 14.9. The second-order valence-corrected chi connectivity index (χ2v) is 8.61. The number of ketones is 1. The molecule has 0 aliphatic rings. The van der Waals surface area contributed by atoms with E-state index in [9.17, 15) is 13.2 Å². The lowest BCUT2D eigenvalue weighted by Crippen LogP contribution is -2.43. The van der Waals surface area contributed by atoms with Gasteiger partial charge >= 0.3 is 0 Å². The van der Waals surface area contributed by atoms with Gasteiger partial charge in [0.05, 0.1) is 10.5 Å². The van der Waals surface area contributed by atoms with Crippen LogP contribution in [0.4, 0.5) is 0 Å². The van der Waals surface area contributed by atoms with Crippen LogP contribution < -0.4 is 0 Å². The van der Waals surface area contributed by atoms with Gasteiger partial charge < -0.3 is 0 Å². The number of hydrogen-bond acceptors (Lipinski definition) is 4. The SMILES string of the molecule is CCCCC(=O)C(S)(C(C)C)C(C)C.CCCCS(=O)(=O)O. The molecule has 0 heterocycles. The normalized spacial score (nSPS) is 12.3. The largest absolute Gasteiger partial charge is 0.298 e. The third kappa shape index (κ3) is 9.85. The van der Waals surface area contributed by atoms with Crippen molar-refractivity contribution in [2.24, 2.45) is 11.8 Å². The summed E-state index contributed by atoms with van der Waals surface area (Å²) in [6, 6.07) is 0. The van der Waals surface area contributed by atoms with E-state index in [4.69, 9.17) is 4.55 Å². The van der Waals surface area contributed by atoms with Crippen molar-refractivity contribution in [2.75, 3.05) is 5.75 Å². The van der Waals surface area contributed by atoms with Crippen LogP contribution in [0.1, 0.15) is 73.6 Å². The molecule has 0 aromatic rings. The first-order chi connectivity index (χ1) is 9.93. The predicted molar refractivity (Wildman–Crippen MR) is 97.2 cm³/mol. The quantitative estimate of drug-likeness (QED) is 0.475. The molecule has 0 unspecified atom stereocenters. The lowest BCUT2D eigenvalue weighted by molar-refractivity contribution is -0.123. The highest BCUT2D eigenvalue weighted by molar-refractivity contribution is 7.85. The monoisotopic (exact) mass is 354 g/mol. The van der Waals surface area contributed by atoms with Crippen LogP contribution in [0.2, 0.25) is 0 Å². The number of hydrogen-bond donors (Lipinski definition) is 2. The zero-order valence-corrected chi connectivity index (χ0v) is 16.6. The van der Waals surface area contributed by atoms with Gasteiger partial charge in [-0.2, -0.15) is 21.0 Å². The molecule has 0 aliphatic heterocycles. The summed E-state index contributed by atoms with van der Waals surface area (Å²) in [7, 11) is -3.69. The number of carbonyl (C=O) groups is 1. The molecule has 0 spiro atoms. The molecule has 0 saturated carbocycles. The van der Waals surface area contributed by atoms with E-state index in [0.29, 0.717) is 30.5 Å². The Kier molecular flexibility index (Phi) is 12.6. The molecule has 0 aromatic heterocycles. The molecule has 4 nitrogen and oxygen atoms in total. The molecule has 0 rings (SSSR count). The molecule has 0 aromatic carbocycles. The zero-order chi connectivity index (χ0) is 18.0. The van der Waals surface area contributed by atoms with Gasteiger partial charge in [0.2, 0.25) is 0 Å². The number of rotatable bonds is 9. The van der Waals surface area contributed by atoms with Crippen LogP contribution in [0.3, 0.4) is 0 Å².